The van der Waals surface area contributed by atoms with Crippen molar-refractivity contribution in [3.05, 3.63) is 41.3 Å². The zero-order chi connectivity index (χ0) is 16.2. The van der Waals surface area contributed by atoms with E-state index in [0.29, 0.717) is 19.8 Å². The van der Waals surface area contributed by atoms with E-state index in [-0.39, 0.29) is 11.8 Å². The lowest BCUT2D eigenvalue weighted by Gasteiger charge is -2.09. The first kappa shape index (κ1) is 15.7. The van der Waals surface area contributed by atoms with Crippen LogP contribution in [-0.4, -0.2) is 40.4 Å². The quantitative estimate of drug-likeness (QED) is 0.910. The molecule has 0 aliphatic carbocycles. The maximum atomic E-state index is 12.0. The molecule has 6 nitrogen and oxygen atoms in total. The summed E-state index contributed by atoms with van der Waals surface area (Å²) < 4.78 is 7.11. The lowest BCUT2D eigenvalue weighted by Crippen LogP contribution is -2.32. The van der Waals surface area contributed by atoms with Crippen molar-refractivity contribution in [1.82, 2.24) is 20.1 Å². The van der Waals surface area contributed by atoms with Crippen molar-refractivity contribution in [2.45, 2.75) is 26.7 Å². The van der Waals surface area contributed by atoms with Gasteiger partial charge in [0.1, 0.15) is 0 Å². The van der Waals surface area contributed by atoms with Crippen LogP contribution in [0.25, 0.3) is 5.82 Å². The SMILES string of the molecule is Cc1nn(-c2ccccn2)c(C)c1CCNC(=O)[C@@H]1CCOC1. The Morgan fingerprint density at radius 1 is 1.43 bits per heavy atom. The minimum absolute atomic E-state index is 0.00781. The van der Waals surface area contributed by atoms with Gasteiger partial charge in [0.05, 0.1) is 18.2 Å². The molecule has 122 valence electrons. The molecule has 3 rings (SSSR count). The van der Waals surface area contributed by atoms with Gasteiger partial charge < -0.3 is 10.1 Å². The van der Waals surface area contributed by atoms with Gasteiger partial charge >= 0.3 is 0 Å². The molecule has 0 bridgehead atoms. The van der Waals surface area contributed by atoms with Crippen molar-refractivity contribution in [2.24, 2.45) is 5.92 Å². The minimum Gasteiger partial charge on any atom is -0.381 e. The van der Waals surface area contributed by atoms with Gasteiger partial charge in [0.25, 0.3) is 0 Å². The number of nitrogens with one attached hydrogen (secondary N) is 1. The van der Waals surface area contributed by atoms with Gasteiger partial charge in [0.2, 0.25) is 5.91 Å². The molecular weight excluding hydrogens is 292 g/mol. The largest absolute Gasteiger partial charge is 0.381 e. The summed E-state index contributed by atoms with van der Waals surface area (Å²) in [7, 11) is 0. The predicted molar refractivity (Wildman–Crippen MR) is 86.5 cm³/mol. The van der Waals surface area contributed by atoms with E-state index in [1.165, 1.54) is 5.56 Å². The monoisotopic (exact) mass is 314 g/mol. The fourth-order valence-electron chi connectivity index (χ4n) is 2.94. The molecule has 0 spiro atoms. The van der Waals surface area contributed by atoms with E-state index in [1.807, 2.05) is 36.7 Å². The Kier molecular flexibility index (Phi) is 4.71. The van der Waals surface area contributed by atoms with Gasteiger partial charge in [-0.05, 0) is 44.4 Å². The van der Waals surface area contributed by atoms with E-state index in [0.717, 1.165) is 30.0 Å². The van der Waals surface area contributed by atoms with Crippen LogP contribution in [0.5, 0.6) is 0 Å². The van der Waals surface area contributed by atoms with Crippen LogP contribution in [0.4, 0.5) is 0 Å². The van der Waals surface area contributed by atoms with Gasteiger partial charge in [0.15, 0.2) is 5.82 Å². The number of rotatable bonds is 5. The van der Waals surface area contributed by atoms with Crippen LogP contribution >= 0.6 is 0 Å². The number of nitrogens with zero attached hydrogens (tertiary/aromatic N) is 3. The van der Waals surface area contributed by atoms with Crippen LogP contribution in [0.1, 0.15) is 23.4 Å². The van der Waals surface area contributed by atoms with Crippen LogP contribution in [0.15, 0.2) is 24.4 Å². The average Bonchev–Trinajstić information content (AvgIpc) is 3.19. The molecule has 1 N–H and O–H groups in total. The van der Waals surface area contributed by atoms with Gasteiger partial charge in [-0.15, -0.1) is 0 Å². The Morgan fingerprint density at radius 3 is 3.00 bits per heavy atom. The summed E-state index contributed by atoms with van der Waals surface area (Å²) in [4.78, 5) is 16.4. The third kappa shape index (κ3) is 3.42. The third-order valence-corrected chi connectivity index (χ3v) is 4.28. The second kappa shape index (κ2) is 6.91. The molecule has 23 heavy (non-hydrogen) atoms. The van der Waals surface area contributed by atoms with Crippen LogP contribution in [0.2, 0.25) is 0 Å². The zero-order valence-corrected chi connectivity index (χ0v) is 13.6. The van der Waals surface area contributed by atoms with Gasteiger partial charge in [-0.2, -0.15) is 5.10 Å². The molecule has 1 saturated heterocycles. The third-order valence-electron chi connectivity index (χ3n) is 4.28. The number of carbonyl (C=O) groups is 1. The van der Waals surface area contributed by atoms with Crippen molar-refractivity contribution in [2.75, 3.05) is 19.8 Å². The van der Waals surface area contributed by atoms with Crippen molar-refractivity contribution in [1.29, 1.82) is 0 Å². The first-order chi connectivity index (χ1) is 11.2. The minimum atomic E-state index is 0.00781. The molecule has 0 saturated carbocycles. The van der Waals surface area contributed by atoms with E-state index < -0.39 is 0 Å². The molecule has 1 aliphatic rings. The highest BCUT2D eigenvalue weighted by Gasteiger charge is 2.23. The van der Waals surface area contributed by atoms with Crippen molar-refractivity contribution in [3.63, 3.8) is 0 Å². The van der Waals surface area contributed by atoms with Gasteiger partial charge in [0, 0.05) is 25.0 Å². The number of hydrogen-bond acceptors (Lipinski definition) is 4. The summed E-state index contributed by atoms with van der Waals surface area (Å²) >= 11 is 0. The Hall–Kier alpha value is -2.21. The first-order valence-corrected chi connectivity index (χ1v) is 7.99. The topological polar surface area (TPSA) is 69.0 Å². The van der Waals surface area contributed by atoms with E-state index >= 15 is 0 Å². The summed E-state index contributed by atoms with van der Waals surface area (Å²) in [5.41, 5.74) is 3.21. The lowest BCUT2D eigenvalue weighted by molar-refractivity contribution is -0.124. The van der Waals surface area contributed by atoms with E-state index in [9.17, 15) is 4.79 Å². The molecule has 1 amide bonds. The van der Waals surface area contributed by atoms with Gasteiger partial charge in [-0.3, -0.25) is 4.79 Å². The molecule has 0 radical (unpaired) electrons. The Labute approximate surface area is 135 Å². The predicted octanol–water partition coefficient (Wildman–Crippen LogP) is 1.58. The standard InChI is InChI=1S/C17H22N4O2/c1-12-15(6-9-19-17(22)14-7-10-23-11-14)13(2)21(20-12)16-5-3-4-8-18-16/h3-5,8,14H,6-7,9-11H2,1-2H3,(H,19,22)/t14-/m1/s1. The fourth-order valence-corrected chi connectivity index (χ4v) is 2.94. The van der Waals surface area contributed by atoms with Crippen LogP contribution < -0.4 is 5.32 Å². The molecule has 3 heterocycles. The van der Waals surface area contributed by atoms with E-state index in [1.54, 1.807) is 6.20 Å². The van der Waals surface area contributed by atoms with Crippen molar-refractivity contribution < 1.29 is 9.53 Å². The van der Waals surface area contributed by atoms with E-state index in [4.69, 9.17) is 4.74 Å². The summed E-state index contributed by atoms with van der Waals surface area (Å²) in [5.74, 6) is 0.912. The molecule has 6 heteroatoms. The number of aryl methyl sites for hydroxylation is 1. The second-order valence-electron chi connectivity index (χ2n) is 5.85. The Balaban J connectivity index is 1.64. The highest BCUT2D eigenvalue weighted by atomic mass is 16.5. The van der Waals surface area contributed by atoms with Gasteiger partial charge in [-0.1, -0.05) is 6.07 Å². The summed E-state index contributed by atoms with van der Waals surface area (Å²) in [6.45, 7) is 5.88. The maximum Gasteiger partial charge on any atom is 0.225 e. The summed E-state index contributed by atoms with van der Waals surface area (Å²) in [6.07, 6.45) is 3.35. The molecule has 1 aliphatic heterocycles. The van der Waals surface area contributed by atoms with Crippen LogP contribution in [0, 0.1) is 19.8 Å². The second-order valence-corrected chi connectivity index (χ2v) is 5.85. The average molecular weight is 314 g/mol. The Bertz CT molecular complexity index is 675. The zero-order valence-electron chi connectivity index (χ0n) is 13.6. The molecule has 2 aromatic rings. The summed E-state index contributed by atoms with van der Waals surface area (Å²) in [6, 6.07) is 5.77. The number of pyridine rings is 1. The van der Waals surface area contributed by atoms with Crippen molar-refractivity contribution in [3.8, 4) is 5.82 Å². The molecular formula is C17H22N4O2. The lowest BCUT2D eigenvalue weighted by atomic mass is 10.1. The molecule has 2 aromatic heterocycles. The van der Waals surface area contributed by atoms with Crippen molar-refractivity contribution >= 4 is 5.91 Å². The first-order valence-electron chi connectivity index (χ1n) is 7.99. The molecule has 1 fully saturated rings. The van der Waals surface area contributed by atoms with Crippen LogP contribution in [0.3, 0.4) is 0 Å². The molecule has 0 aromatic carbocycles. The highest BCUT2D eigenvalue weighted by molar-refractivity contribution is 5.78. The summed E-state index contributed by atoms with van der Waals surface area (Å²) in [5, 5.41) is 7.58. The maximum absolute atomic E-state index is 12.0. The fraction of sp³-hybridized carbons (Fsp3) is 0.471. The number of ether oxygens (including phenoxy) is 1. The Morgan fingerprint density at radius 2 is 2.30 bits per heavy atom. The number of hydrogen-bond donors (Lipinski definition) is 1. The molecule has 0 unspecified atom stereocenters. The highest BCUT2D eigenvalue weighted by Crippen LogP contribution is 2.17. The normalized spacial score (nSPS) is 17.4. The number of aromatic nitrogens is 3. The van der Waals surface area contributed by atoms with Gasteiger partial charge in [-0.25, -0.2) is 9.67 Å². The van der Waals surface area contributed by atoms with E-state index in [2.05, 4.69) is 15.4 Å². The number of carbonyl (C=O) groups excluding carboxylic acids is 1. The van der Waals surface area contributed by atoms with Crippen LogP contribution in [-0.2, 0) is 16.0 Å². The smallest absolute Gasteiger partial charge is 0.225 e. The number of amides is 1. The molecule has 1 atom stereocenters.